The Morgan fingerprint density at radius 1 is 1.33 bits per heavy atom. The molecule has 1 aromatic carbocycles. The summed E-state index contributed by atoms with van der Waals surface area (Å²) in [6.07, 6.45) is 1.67. The maximum absolute atomic E-state index is 12.4. The second kappa shape index (κ2) is 7.12. The molecule has 0 aliphatic carbocycles. The molecule has 1 amide bonds. The molecule has 8 heteroatoms. The van der Waals surface area contributed by atoms with Gasteiger partial charge in [-0.3, -0.25) is 19.7 Å². The largest absolute Gasteiger partial charge is 0.480 e. The molecule has 0 unspecified atom stereocenters. The number of carboxylic acid groups (broad SMARTS) is 1. The predicted molar refractivity (Wildman–Crippen MR) is 87.6 cm³/mol. The molecule has 24 heavy (non-hydrogen) atoms. The maximum Gasteiger partial charge on any atom is 0.323 e. The Balaban J connectivity index is 2.22. The van der Waals surface area contributed by atoms with Crippen molar-refractivity contribution in [3.63, 3.8) is 0 Å². The van der Waals surface area contributed by atoms with Gasteiger partial charge >= 0.3 is 5.97 Å². The Kier molecular flexibility index (Phi) is 5.18. The summed E-state index contributed by atoms with van der Waals surface area (Å²) in [6.45, 7) is 3.82. The Morgan fingerprint density at radius 2 is 2.04 bits per heavy atom. The van der Waals surface area contributed by atoms with Crippen LogP contribution in [0.1, 0.15) is 13.8 Å². The maximum atomic E-state index is 12.4. The second-order valence-corrected chi connectivity index (χ2v) is 6.01. The number of benzene rings is 1. The summed E-state index contributed by atoms with van der Waals surface area (Å²) in [5.74, 6) is -1.21. The highest BCUT2D eigenvalue weighted by Gasteiger charge is 2.19. The van der Waals surface area contributed by atoms with Gasteiger partial charge < -0.3 is 14.6 Å². The van der Waals surface area contributed by atoms with Gasteiger partial charge in [0.05, 0.1) is 4.92 Å². The molecule has 1 N–H and O–H groups in total. The van der Waals surface area contributed by atoms with Crippen LogP contribution < -0.4 is 0 Å². The predicted octanol–water partition coefficient (Wildman–Crippen LogP) is 2.12. The molecule has 8 nitrogen and oxygen atoms in total. The van der Waals surface area contributed by atoms with E-state index in [0.717, 1.165) is 0 Å². The Morgan fingerprint density at radius 3 is 2.62 bits per heavy atom. The first-order valence-corrected chi connectivity index (χ1v) is 7.50. The van der Waals surface area contributed by atoms with E-state index in [4.69, 9.17) is 5.11 Å². The van der Waals surface area contributed by atoms with Gasteiger partial charge in [-0.15, -0.1) is 0 Å². The summed E-state index contributed by atoms with van der Waals surface area (Å²) >= 11 is 0. The van der Waals surface area contributed by atoms with Crippen LogP contribution in [0.15, 0.2) is 30.5 Å². The molecule has 1 heterocycles. The molecular formula is C16H19N3O5. The lowest BCUT2D eigenvalue weighted by Crippen LogP contribution is -2.40. The lowest BCUT2D eigenvalue weighted by atomic mass is 10.2. The van der Waals surface area contributed by atoms with E-state index in [0.29, 0.717) is 17.4 Å². The van der Waals surface area contributed by atoms with Crippen LogP contribution in [0.25, 0.3) is 10.9 Å². The summed E-state index contributed by atoms with van der Waals surface area (Å²) in [5.41, 5.74) is 0.674. The van der Waals surface area contributed by atoms with Crippen molar-refractivity contribution in [1.82, 2.24) is 9.47 Å². The number of nitrogens with zero attached hydrogens (tertiary/aromatic N) is 3. The van der Waals surface area contributed by atoms with Gasteiger partial charge in [0.25, 0.3) is 5.69 Å². The van der Waals surface area contributed by atoms with Gasteiger partial charge in [0.15, 0.2) is 0 Å². The van der Waals surface area contributed by atoms with Crippen LogP contribution in [0.4, 0.5) is 5.69 Å². The molecule has 0 aliphatic heterocycles. The van der Waals surface area contributed by atoms with Crippen molar-refractivity contribution < 1.29 is 19.6 Å². The third-order valence-corrected chi connectivity index (χ3v) is 3.54. The minimum atomic E-state index is -1.06. The average molecular weight is 333 g/mol. The highest BCUT2D eigenvalue weighted by atomic mass is 16.6. The summed E-state index contributed by atoms with van der Waals surface area (Å²) in [5, 5.41) is 20.4. The fourth-order valence-corrected chi connectivity index (χ4v) is 2.54. The van der Waals surface area contributed by atoms with E-state index in [9.17, 15) is 19.7 Å². The van der Waals surface area contributed by atoms with Crippen molar-refractivity contribution in [2.24, 2.45) is 5.92 Å². The van der Waals surface area contributed by atoms with Gasteiger partial charge in [-0.1, -0.05) is 13.8 Å². The van der Waals surface area contributed by atoms with Gasteiger partial charge in [-0.05, 0) is 18.1 Å². The van der Waals surface area contributed by atoms with Crippen LogP contribution in [-0.2, 0) is 16.1 Å². The Hall–Kier alpha value is -2.90. The molecule has 0 saturated carbocycles. The van der Waals surface area contributed by atoms with E-state index in [1.807, 2.05) is 13.8 Å². The number of rotatable bonds is 7. The summed E-state index contributed by atoms with van der Waals surface area (Å²) in [4.78, 5) is 35.0. The summed E-state index contributed by atoms with van der Waals surface area (Å²) in [7, 11) is 0. The highest BCUT2D eigenvalue weighted by Crippen LogP contribution is 2.22. The van der Waals surface area contributed by atoms with Gasteiger partial charge in [-0.2, -0.15) is 0 Å². The van der Waals surface area contributed by atoms with E-state index in [-0.39, 0.29) is 30.6 Å². The summed E-state index contributed by atoms with van der Waals surface area (Å²) in [6, 6.07) is 6.11. The fraction of sp³-hybridized carbons (Fsp3) is 0.375. The Labute approximate surface area is 138 Å². The van der Waals surface area contributed by atoms with Crippen LogP contribution >= 0.6 is 0 Å². The average Bonchev–Trinajstić information content (AvgIpc) is 2.87. The quantitative estimate of drug-likeness (QED) is 0.617. The normalized spacial score (nSPS) is 11.0. The minimum Gasteiger partial charge on any atom is -0.480 e. The van der Waals surface area contributed by atoms with Crippen LogP contribution in [0.3, 0.4) is 0 Å². The van der Waals surface area contributed by atoms with E-state index in [1.165, 1.54) is 17.0 Å². The second-order valence-electron chi connectivity index (χ2n) is 6.01. The van der Waals surface area contributed by atoms with E-state index < -0.39 is 10.9 Å². The number of aliphatic carboxylic acids is 1. The SMILES string of the molecule is CC(C)CN(CC(=O)O)C(=O)Cn1ccc2cc([N+](=O)[O-])ccc21. The zero-order chi connectivity index (χ0) is 17.9. The van der Waals surface area contributed by atoms with Crippen molar-refractivity contribution in [2.75, 3.05) is 13.1 Å². The summed E-state index contributed by atoms with van der Waals surface area (Å²) < 4.78 is 1.66. The third kappa shape index (κ3) is 4.09. The number of nitro groups is 1. The lowest BCUT2D eigenvalue weighted by Gasteiger charge is -2.23. The number of amides is 1. The Bertz CT molecular complexity index is 781. The van der Waals surface area contributed by atoms with Crippen molar-refractivity contribution in [1.29, 1.82) is 0 Å². The van der Waals surface area contributed by atoms with Gasteiger partial charge in [0.2, 0.25) is 5.91 Å². The van der Waals surface area contributed by atoms with Crippen LogP contribution in [0.5, 0.6) is 0 Å². The van der Waals surface area contributed by atoms with Crippen molar-refractivity contribution in [2.45, 2.75) is 20.4 Å². The first-order valence-electron chi connectivity index (χ1n) is 7.50. The smallest absolute Gasteiger partial charge is 0.323 e. The monoisotopic (exact) mass is 333 g/mol. The molecule has 0 fully saturated rings. The number of non-ortho nitro benzene ring substituents is 1. The van der Waals surface area contributed by atoms with E-state index >= 15 is 0 Å². The highest BCUT2D eigenvalue weighted by molar-refractivity contribution is 5.86. The molecule has 0 radical (unpaired) electrons. The zero-order valence-corrected chi connectivity index (χ0v) is 13.5. The lowest BCUT2D eigenvalue weighted by molar-refractivity contribution is -0.384. The standard InChI is InChI=1S/C16H19N3O5/c1-11(2)8-18(10-16(21)22)15(20)9-17-6-5-12-7-13(19(23)24)3-4-14(12)17/h3-7,11H,8-10H2,1-2H3,(H,21,22). The molecule has 2 rings (SSSR count). The van der Waals surface area contributed by atoms with Crippen LogP contribution in [0, 0.1) is 16.0 Å². The number of nitro benzene ring substituents is 1. The molecule has 128 valence electrons. The minimum absolute atomic E-state index is 0.0126. The first-order chi connectivity index (χ1) is 11.3. The van der Waals surface area contributed by atoms with E-state index in [1.54, 1.807) is 22.9 Å². The zero-order valence-electron chi connectivity index (χ0n) is 13.5. The van der Waals surface area contributed by atoms with Crippen molar-refractivity contribution >= 4 is 28.5 Å². The molecule has 0 atom stereocenters. The number of hydrogen-bond acceptors (Lipinski definition) is 4. The van der Waals surface area contributed by atoms with Crippen molar-refractivity contribution in [3.05, 3.63) is 40.6 Å². The molecule has 0 saturated heterocycles. The number of carbonyl (C=O) groups excluding carboxylic acids is 1. The topological polar surface area (TPSA) is 106 Å². The van der Waals surface area contributed by atoms with Crippen LogP contribution in [-0.4, -0.2) is 44.5 Å². The molecule has 0 bridgehead atoms. The molecule has 2 aromatic rings. The van der Waals surface area contributed by atoms with Crippen LogP contribution in [0.2, 0.25) is 0 Å². The number of carboxylic acids is 1. The van der Waals surface area contributed by atoms with Gasteiger partial charge in [0, 0.05) is 35.8 Å². The van der Waals surface area contributed by atoms with E-state index in [2.05, 4.69) is 0 Å². The van der Waals surface area contributed by atoms with Crippen molar-refractivity contribution in [3.8, 4) is 0 Å². The fourth-order valence-electron chi connectivity index (χ4n) is 2.54. The molecular weight excluding hydrogens is 314 g/mol. The molecule has 0 spiro atoms. The number of aromatic nitrogens is 1. The molecule has 0 aliphatic rings. The molecule has 1 aromatic heterocycles. The number of carbonyl (C=O) groups is 2. The number of hydrogen-bond donors (Lipinski definition) is 1. The van der Waals surface area contributed by atoms with Gasteiger partial charge in [-0.25, -0.2) is 0 Å². The first kappa shape index (κ1) is 17.5. The number of fused-ring (bicyclic) bond motifs is 1. The van der Waals surface area contributed by atoms with Gasteiger partial charge in [0.1, 0.15) is 13.1 Å². The third-order valence-electron chi connectivity index (χ3n) is 3.54.